The molecule has 0 fully saturated rings. The van der Waals surface area contributed by atoms with Crippen LogP contribution in [0, 0.1) is 11.3 Å². The summed E-state index contributed by atoms with van der Waals surface area (Å²) < 4.78 is 28.9. The predicted octanol–water partition coefficient (Wildman–Crippen LogP) is 3.87. The number of allylic oxidation sites excluding steroid dienone is 1. The summed E-state index contributed by atoms with van der Waals surface area (Å²) in [5, 5.41) is 10.5. The van der Waals surface area contributed by atoms with E-state index in [1.54, 1.807) is 18.2 Å². The van der Waals surface area contributed by atoms with Gasteiger partial charge in [0.15, 0.2) is 11.5 Å². The van der Waals surface area contributed by atoms with Gasteiger partial charge in [0.1, 0.15) is 11.0 Å². The highest BCUT2D eigenvalue weighted by Crippen LogP contribution is 2.39. The third-order valence-electron chi connectivity index (χ3n) is 4.08. The van der Waals surface area contributed by atoms with E-state index in [0.717, 1.165) is 16.5 Å². The second kappa shape index (κ2) is 7.98. The van der Waals surface area contributed by atoms with Crippen molar-refractivity contribution in [2.45, 2.75) is 4.90 Å². The van der Waals surface area contributed by atoms with Gasteiger partial charge in [-0.2, -0.15) is 5.26 Å². The summed E-state index contributed by atoms with van der Waals surface area (Å²) in [6.07, 6.45) is 3.46. The summed E-state index contributed by atoms with van der Waals surface area (Å²) in [5.41, 5.74) is 1.76. The highest BCUT2D eigenvalue weighted by Gasteiger charge is 2.19. The normalized spacial score (nSPS) is 12.4. The number of benzene rings is 2. The monoisotopic (exact) mass is 382 g/mol. The van der Waals surface area contributed by atoms with E-state index in [0.29, 0.717) is 22.1 Å². The van der Waals surface area contributed by atoms with E-state index in [-0.39, 0.29) is 4.91 Å². The van der Waals surface area contributed by atoms with Gasteiger partial charge in [-0.05, 0) is 23.8 Å². The molecule has 2 aromatic carbocycles. The van der Waals surface area contributed by atoms with Gasteiger partial charge >= 0.3 is 0 Å². The zero-order valence-corrected chi connectivity index (χ0v) is 15.9. The molecule has 0 saturated heterocycles. The molecule has 6 nitrogen and oxygen atoms in total. The fourth-order valence-corrected chi connectivity index (χ4v) is 3.79. The zero-order chi connectivity index (χ0) is 19.4. The molecule has 0 aliphatic rings. The van der Waals surface area contributed by atoms with E-state index in [4.69, 9.17) is 14.2 Å². The van der Waals surface area contributed by atoms with Crippen molar-refractivity contribution in [3.63, 3.8) is 0 Å². The lowest BCUT2D eigenvalue weighted by atomic mass is 10.1. The molecule has 0 spiro atoms. The molecule has 0 aliphatic heterocycles. The first-order valence-corrected chi connectivity index (χ1v) is 9.17. The summed E-state index contributed by atoms with van der Waals surface area (Å²) in [4.78, 5) is 3.63. The van der Waals surface area contributed by atoms with E-state index in [1.165, 1.54) is 21.3 Å². The molecule has 3 aromatic rings. The number of aromatic nitrogens is 1. The van der Waals surface area contributed by atoms with Crippen molar-refractivity contribution < 1.29 is 18.4 Å². The Labute approximate surface area is 159 Å². The number of rotatable bonds is 6. The van der Waals surface area contributed by atoms with Crippen LogP contribution in [0.15, 0.2) is 52.4 Å². The van der Waals surface area contributed by atoms with Gasteiger partial charge in [0.25, 0.3) is 0 Å². The largest absolute Gasteiger partial charge is 0.493 e. The lowest BCUT2D eigenvalue weighted by Crippen LogP contribution is -2.00. The number of nitrogens with zero attached hydrogens (tertiary/aromatic N) is 1. The number of methoxy groups -OCH3 is 3. The van der Waals surface area contributed by atoms with Crippen molar-refractivity contribution in [1.29, 1.82) is 5.26 Å². The molecule has 1 unspecified atom stereocenters. The molecule has 0 aliphatic carbocycles. The number of nitriles is 1. The Hall–Kier alpha value is -3.24. The molecule has 1 heterocycles. The Bertz CT molecular complexity index is 1050. The van der Waals surface area contributed by atoms with Crippen LogP contribution in [-0.4, -0.2) is 30.5 Å². The molecule has 1 atom stereocenters. The molecule has 0 radical (unpaired) electrons. The topological polar surface area (TPSA) is 84.3 Å². The van der Waals surface area contributed by atoms with Crippen molar-refractivity contribution in [3.8, 4) is 23.3 Å². The molecule has 27 heavy (non-hydrogen) atoms. The van der Waals surface area contributed by atoms with Crippen LogP contribution in [0.3, 0.4) is 0 Å². The lowest BCUT2D eigenvalue weighted by Gasteiger charge is -2.13. The second-order valence-electron chi connectivity index (χ2n) is 5.54. The number of hydrogen-bond acceptors (Lipinski definition) is 5. The fraction of sp³-hybridized carbons (Fsp3) is 0.150. The summed E-state index contributed by atoms with van der Waals surface area (Å²) in [6.45, 7) is 0. The summed E-state index contributed by atoms with van der Waals surface area (Å²) in [6, 6.07) is 12.8. The fourth-order valence-electron chi connectivity index (χ4n) is 2.80. The molecule has 0 amide bonds. The Morgan fingerprint density at radius 3 is 2.41 bits per heavy atom. The number of H-pyrrole nitrogens is 1. The minimum Gasteiger partial charge on any atom is -0.493 e. The molecule has 1 aromatic heterocycles. The number of aromatic amines is 1. The number of fused-ring (bicyclic) bond motifs is 1. The first-order chi connectivity index (χ1) is 13.1. The number of hydrogen-bond donors (Lipinski definition) is 1. The van der Waals surface area contributed by atoms with E-state index in [1.807, 2.05) is 36.5 Å². The minimum atomic E-state index is -1.71. The molecule has 0 bridgehead atoms. The molecular weight excluding hydrogens is 364 g/mol. The molecule has 138 valence electrons. The Morgan fingerprint density at radius 2 is 1.81 bits per heavy atom. The van der Waals surface area contributed by atoms with Crippen LogP contribution in [-0.2, 0) is 10.8 Å². The van der Waals surface area contributed by atoms with Gasteiger partial charge in [0.2, 0.25) is 5.75 Å². The quantitative estimate of drug-likeness (QED) is 0.654. The summed E-state index contributed by atoms with van der Waals surface area (Å²) in [7, 11) is 2.75. The smallest absolute Gasteiger partial charge is 0.203 e. The third-order valence-corrected chi connectivity index (χ3v) is 5.35. The average Bonchev–Trinajstić information content (AvgIpc) is 3.19. The minimum absolute atomic E-state index is 0.123. The molecule has 1 N–H and O–H groups in total. The molecule has 7 heteroatoms. The van der Waals surface area contributed by atoms with Gasteiger partial charge in [-0.15, -0.1) is 0 Å². The van der Waals surface area contributed by atoms with E-state index in [9.17, 15) is 9.47 Å². The Balaban J connectivity index is 2.08. The van der Waals surface area contributed by atoms with Crippen molar-refractivity contribution >= 4 is 27.8 Å². The van der Waals surface area contributed by atoms with Gasteiger partial charge < -0.3 is 19.2 Å². The highest BCUT2D eigenvalue weighted by atomic mass is 32.2. The maximum atomic E-state index is 13.1. The second-order valence-corrected chi connectivity index (χ2v) is 6.98. The van der Waals surface area contributed by atoms with Crippen molar-refractivity contribution in [3.05, 3.63) is 53.1 Å². The number of nitrogens with one attached hydrogen (secondary N) is 1. The summed E-state index contributed by atoms with van der Waals surface area (Å²) in [5.74, 6) is 1.16. The lowest BCUT2D eigenvalue weighted by molar-refractivity contribution is 0.323. The van der Waals surface area contributed by atoms with Crippen LogP contribution in [0.25, 0.3) is 17.0 Å². The van der Waals surface area contributed by atoms with E-state index in [2.05, 4.69) is 4.98 Å². The van der Waals surface area contributed by atoms with E-state index < -0.39 is 10.8 Å². The van der Waals surface area contributed by atoms with Crippen LogP contribution in [0.1, 0.15) is 5.56 Å². The first-order valence-electron chi connectivity index (χ1n) is 8.02. The SMILES string of the molecule is COc1cc(S(=O)/C(C#N)=C/c2cccc3[nH]ccc23)cc(OC)c1OC. The van der Waals surface area contributed by atoms with Crippen molar-refractivity contribution in [1.82, 2.24) is 4.98 Å². The molecule has 3 rings (SSSR count). The van der Waals surface area contributed by atoms with Crippen LogP contribution < -0.4 is 14.2 Å². The predicted molar refractivity (Wildman–Crippen MR) is 104 cm³/mol. The van der Waals surface area contributed by atoms with Gasteiger partial charge in [-0.25, -0.2) is 4.21 Å². The van der Waals surface area contributed by atoms with Crippen LogP contribution >= 0.6 is 0 Å². The molecule has 0 saturated carbocycles. The first kappa shape index (κ1) is 18.5. The van der Waals surface area contributed by atoms with Crippen molar-refractivity contribution in [2.75, 3.05) is 21.3 Å². The third kappa shape index (κ3) is 3.52. The number of ether oxygens (including phenoxy) is 3. The average molecular weight is 382 g/mol. The van der Waals surface area contributed by atoms with E-state index >= 15 is 0 Å². The summed E-state index contributed by atoms with van der Waals surface area (Å²) >= 11 is 0. The van der Waals surface area contributed by atoms with Crippen LogP contribution in [0.5, 0.6) is 17.2 Å². The van der Waals surface area contributed by atoms with Gasteiger partial charge in [-0.1, -0.05) is 12.1 Å². The van der Waals surface area contributed by atoms with Gasteiger partial charge in [-0.3, -0.25) is 0 Å². The highest BCUT2D eigenvalue weighted by molar-refractivity contribution is 7.89. The zero-order valence-electron chi connectivity index (χ0n) is 15.1. The van der Waals surface area contributed by atoms with Gasteiger partial charge in [0, 0.05) is 29.2 Å². The van der Waals surface area contributed by atoms with Gasteiger partial charge in [0.05, 0.1) is 37.0 Å². The maximum absolute atomic E-state index is 13.1. The van der Waals surface area contributed by atoms with Crippen molar-refractivity contribution in [2.24, 2.45) is 0 Å². The Morgan fingerprint density at radius 1 is 1.11 bits per heavy atom. The molecular formula is C20H18N2O4S. The maximum Gasteiger partial charge on any atom is 0.203 e. The standard InChI is InChI=1S/C20H18N2O4S/c1-24-18-10-14(11-19(25-2)20(18)26-3)27(23)15(12-21)9-13-5-4-6-17-16(13)7-8-22-17/h4-11,22H,1-3H3/b15-9+. The van der Waals surface area contributed by atoms with Crippen LogP contribution in [0.2, 0.25) is 0 Å². The van der Waals surface area contributed by atoms with Crippen LogP contribution in [0.4, 0.5) is 0 Å². The Kier molecular flexibility index (Phi) is 5.48.